The van der Waals surface area contributed by atoms with E-state index >= 15 is 0 Å². The van der Waals surface area contributed by atoms with Crippen molar-refractivity contribution >= 4 is 11.6 Å². The van der Waals surface area contributed by atoms with Crippen LogP contribution < -0.4 is 5.32 Å². The van der Waals surface area contributed by atoms with Gasteiger partial charge >= 0.3 is 0 Å². The summed E-state index contributed by atoms with van der Waals surface area (Å²) in [4.78, 5) is 0. The third-order valence-corrected chi connectivity index (χ3v) is 2.82. The molecule has 0 heterocycles. The van der Waals surface area contributed by atoms with Crippen LogP contribution in [0.15, 0.2) is 18.2 Å². The van der Waals surface area contributed by atoms with Crippen LogP contribution in [0, 0.1) is 12.8 Å². The molecule has 16 heavy (non-hydrogen) atoms. The number of methoxy groups -OCH3 is 1. The van der Waals surface area contributed by atoms with E-state index in [0.717, 1.165) is 30.3 Å². The zero-order valence-corrected chi connectivity index (χ0v) is 11.0. The van der Waals surface area contributed by atoms with Crippen molar-refractivity contribution in [1.29, 1.82) is 0 Å². The molecule has 3 heteroatoms. The molecule has 1 aromatic carbocycles. The summed E-state index contributed by atoms with van der Waals surface area (Å²) < 4.78 is 5.08. The first kappa shape index (κ1) is 13.5. The van der Waals surface area contributed by atoms with Gasteiger partial charge in [-0.25, -0.2) is 0 Å². The van der Waals surface area contributed by atoms with Crippen LogP contribution in [0.5, 0.6) is 0 Å². The minimum atomic E-state index is 0.522. The molecule has 0 spiro atoms. The number of benzene rings is 1. The number of aryl methyl sites for hydroxylation is 1. The second-order valence-electron chi connectivity index (χ2n) is 4.29. The van der Waals surface area contributed by atoms with E-state index in [2.05, 4.69) is 24.4 Å². The Hall–Kier alpha value is -0.570. The highest BCUT2D eigenvalue weighted by atomic mass is 35.5. The second kappa shape index (κ2) is 6.89. The number of halogens is 1. The molecule has 0 bridgehead atoms. The topological polar surface area (TPSA) is 21.3 Å². The van der Waals surface area contributed by atoms with E-state index in [1.165, 1.54) is 5.56 Å². The Morgan fingerprint density at radius 3 is 2.81 bits per heavy atom. The molecule has 1 atom stereocenters. The molecule has 1 aromatic rings. The minimum absolute atomic E-state index is 0.522. The predicted octanol–water partition coefficient (Wildman–Crippen LogP) is 3.02. The van der Waals surface area contributed by atoms with E-state index < -0.39 is 0 Å². The SMILES string of the molecule is COCC(C)CNCc1ccc(C)cc1Cl. The van der Waals surface area contributed by atoms with Crippen LogP contribution in [0.2, 0.25) is 5.02 Å². The third kappa shape index (κ3) is 4.52. The highest BCUT2D eigenvalue weighted by molar-refractivity contribution is 6.31. The van der Waals surface area contributed by atoms with Gasteiger partial charge in [0.1, 0.15) is 0 Å². The van der Waals surface area contributed by atoms with Crippen molar-refractivity contribution in [1.82, 2.24) is 5.32 Å². The molecule has 0 saturated heterocycles. The van der Waals surface area contributed by atoms with E-state index in [-0.39, 0.29) is 0 Å². The number of rotatable bonds is 6. The molecular weight excluding hydrogens is 222 g/mol. The van der Waals surface area contributed by atoms with Gasteiger partial charge in [-0.1, -0.05) is 30.7 Å². The van der Waals surface area contributed by atoms with Gasteiger partial charge in [-0.3, -0.25) is 0 Å². The summed E-state index contributed by atoms with van der Waals surface area (Å²) in [6.07, 6.45) is 0. The fourth-order valence-corrected chi connectivity index (χ4v) is 1.89. The molecule has 1 rings (SSSR count). The summed E-state index contributed by atoms with van der Waals surface area (Å²) >= 11 is 6.14. The third-order valence-electron chi connectivity index (χ3n) is 2.47. The van der Waals surface area contributed by atoms with Crippen LogP contribution in [0.4, 0.5) is 0 Å². The van der Waals surface area contributed by atoms with Crippen LogP contribution in [0.3, 0.4) is 0 Å². The number of nitrogens with one attached hydrogen (secondary N) is 1. The summed E-state index contributed by atoms with van der Waals surface area (Å²) in [5, 5.41) is 4.22. The fourth-order valence-electron chi connectivity index (χ4n) is 1.59. The Morgan fingerprint density at radius 2 is 2.19 bits per heavy atom. The molecule has 0 radical (unpaired) electrons. The lowest BCUT2D eigenvalue weighted by Crippen LogP contribution is -2.23. The summed E-state index contributed by atoms with van der Waals surface area (Å²) in [6, 6.07) is 6.16. The van der Waals surface area contributed by atoms with Crippen LogP contribution in [0.25, 0.3) is 0 Å². The van der Waals surface area contributed by atoms with Gasteiger partial charge in [0.25, 0.3) is 0 Å². The Morgan fingerprint density at radius 1 is 1.44 bits per heavy atom. The molecule has 90 valence electrons. The van der Waals surface area contributed by atoms with Gasteiger partial charge in [-0.15, -0.1) is 0 Å². The fraction of sp³-hybridized carbons (Fsp3) is 0.538. The van der Waals surface area contributed by atoms with Crippen molar-refractivity contribution in [2.75, 3.05) is 20.3 Å². The monoisotopic (exact) mass is 241 g/mol. The molecule has 1 unspecified atom stereocenters. The molecule has 1 N–H and O–H groups in total. The Kier molecular flexibility index (Phi) is 5.81. The van der Waals surface area contributed by atoms with E-state index in [1.807, 2.05) is 13.0 Å². The molecule has 2 nitrogen and oxygen atoms in total. The molecule has 0 saturated carbocycles. The predicted molar refractivity (Wildman–Crippen MR) is 68.9 cm³/mol. The van der Waals surface area contributed by atoms with Crippen LogP contribution in [0.1, 0.15) is 18.1 Å². The average Bonchev–Trinajstić information content (AvgIpc) is 2.22. The molecule has 0 aliphatic rings. The molecule has 0 aliphatic heterocycles. The molecule has 0 aliphatic carbocycles. The highest BCUT2D eigenvalue weighted by Gasteiger charge is 2.03. The normalized spacial score (nSPS) is 12.8. The summed E-state index contributed by atoms with van der Waals surface area (Å²) in [5.74, 6) is 0.522. The van der Waals surface area contributed by atoms with E-state index in [0.29, 0.717) is 5.92 Å². The summed E-state index contributed by atoms with van der Waals surface area (Å²) in [6.45, 7) is 6.75. The first-order valence-electron chi connectivity index (χ1n) is 5.58. The first-order valence-corrected chi connectivity index (χ1v) is 5.96. The lowest BCUT2D eigenvalue weighted by atomic mass is 10.1. The van der Waals surface area contributed by atoms with Crippen LogP contribution >= 0.6 is 11.6 Å². The summed E-state index contributed by atoms with van der Waals surface area (Å²) in [5.41, 5.74) is 2.35. The van der Waals surface area contributed by atoms with Crippen LogP contribution in [-0.4, -0.2) is 20.3 Å². The van der Waals surface area contributed by atoms with Crippen LogP contribution in [-0.2, 0) is 11.3 Å². The Bertz CT molecular complexity index is 328. The van der Waals surface area contributed by atoms with E-state index in [9.17, 15) is 0 Å². The lowest BCUT2D eigenvalue weighted by Gasteiger charge is -2.12. The lowest BCUT2D eigenvalue weighted by molar-refractivity contribution is 0.158. The van der Waals surface area contributed by atoms with Crippen molar-refractivity contribution < 1.29 is 4.74 Å². The van der Waals surface area contributed by atoms with Gasteiger partial charge in [0.2, 0.25) is 0 Å². The van der Waals surface area contributed by atoms with Gasteiger partial charge in [-0.2, -0.15) is 0 Å². The van der Waals surface area contributed by atoms with Crippen molar-refractivity contribution in [3.8, 4) is 0 Å². The van der Waals surface area contributed by atoms with Gasteiger partial charge in [-0.05, 0) is 30.0 Å². The Balaban J connectivity index is 2.37. The van der Waals surface area contributed by atoms with Crippen molar-refractivity contribution in [2.24, 2.45) is 5.92 Å². The zero-order valence-electron chi connectivity index (χ0n) is 10.2. The summed E-state index contributed by atoms with van der Waals surface area (Å²) in [7, 11) is 1.73. The average molecular weight is 242 g/mol. The first-order chi connectivity index (χ1) is 7.63. The van der Waals surface area contributed by atoms with Crippen molar-refractivity contribution in [3.63, 3.8) is 0 Å². The van der Waals surface area contributed by atoms with E-state index in [4.69, 9.17) is 16.3 Å². The highest BCUT2D eigenvalue weighted by Crippen LogP contribution is 2.17. The van der Waals surface area contributed by atoms with Crippen molar-refractivity contribution in [2.45, 2.75) is 20.4 Å². The largest absolute Gasteiger partial charge is 0.384 e. The number of hydrogen-bond donors (Lipinski definition) is 1. The zero-order chi connectivity index (χ0) is 12.0. The number of hydrogen-bond acceptors (Lipinski definition) is 2. The van der Waals surface area contributed by atoms with Gasteiger partial charge in [0.05, 0.1) is 0 Å². The maximum absolute atomic E-state index is 6.14. The maximum atomic E-state index is 6.14. The van der Waals surface area contributed by atoms with Gasteiger partial charge in [0, 0.05) is 31.8 Å². The molecule has 0 fully saturated rings. The van der Waals surface area contributed by atoms with Crippen molar-refractivity contribution in [3.05, 3.63) is 34.3 Å². The molecule has 0 amide bonds. The number of ether oxygens (including phenoxy) is 1. The van der Waals surface area contributed by atoms with Gasteiger partial charge in [0.15, 0.2) is 0 Å². The second-order valence-corrected chi connectivity index (χ2v) is 4.69. The van der Waals surface area contributed by atoms with E-state index in [1.54, 1.807) is 7.11 Å². The standard InChI is InChI=1S/C13H20ClNO/c1-10-4-5-12(13(14)6-10)8-15-7-11(2)9-16-3/h4-6,11,15H,7-9H2,1-3H3. The molecule has 0 aromatic heterocycles. The quantitative estimate of drug-likeness (QED) is 0.827. The van der Waals surface area contributed by atoms with Gasteiger partial charge < -0.3 is 10.1 Å². The maximum Gasteiger partial charge on any atom is 0.0499 e. The minimum Gasteiger partial charge on any atom is -0.384 e. The smallest absolute Gasteiger partial charge is 0.0499 e. The Labute approximate surface area is 103 Å². The molecular formula is C13H20ClNO.